The fraction of sp³-hybridized carbons (Fsp3) is 0.438. The summed E-state index contributed by atoms with van der Waals surface area (Å²) in [4.78, 5) is 4.60. The highest BCUT2D eigenvalue weighted by molar-refractivity contribution is 7.09. The minimum atomic E-state index is 0.544. The van der Waals surface area contributed by atoms with E-state index in [1.54, 1.807) is 11.3 Å². The number of nitrogens with one attached hydrogen (secondary N) is 1. The molecule has 1 aromatic carbocycles. The quantitative estimate of drug-likeness (QED) is 0.882. The maximum Gasteiger partial charge on any atom is 0.131 e. The Hall–Kier alpha value is -1.39. The van der Waals surface area contributed by atoms with Gasteiger partial charge in [-0.1, -0.05) is 6.07 Å². The summed E-state index contributed by atoms with van der Waals surface area (Å²) in [6, 6.07) is 7.01. The molecule has 0 aliphatic heterocycles. The lowest BCUT2D eigenvalue weighted by Crippen LogP contribution is -2.15. The van der Waals surface area contributed by atoms with Gasteiger partial charge in [-0.25, -0.2) is 4.98 Å². The Kier molecular flexibility index (Phi) is 4.03. The van der Waals surface area contributed by atoms with Crippen LogP contribution in [0.15, 0.2) is 23.6 Å². The fourth-order valence-electron chi connectivity index (χ4n) is 2.19. The summed E-state index contributed by atoms with van der Waals surface area (Å²) < 4.78 is 5.83. The first-order chi connectivity index (χ1) is 9.69. The van der Waals surface area contributed by atoms with Gasteiger partial charge >= 0.3 is 0 Å². The molecule has 0 bridgehead atoms. The molecule has 1 heterocycles. The Balaban J connectivity index is 1.54. The molecule has 1 saturated carbocycles. The van der Waals surface area contributed by atoms with Crippen molar-refractivity contribution < 1.29 is 4.74 Å². The molecular formula is C16H20N2OS. The van der Waals surface area contributed by atoms with Crippen LogP contribution in [0.3, 0.4) is 0 Å². The minimum Gasteiger partial charge on any atom is -0.487 e. The van der Waals surface area contributed by atoms with E-state index in [1.807, 2.05) is 0 Å². The first kappa shape index (κ1) is 13.6. The molecule has 4 heteroatoms. The lowest BCUT2D eigenvalue weighted by molar-refractivity contribution is 0.301. The molecule has 3 rings (SSSR count). The van der Waals surface area contributed by atoms with Crippen molar-refractivity contribution in [3.05, 3.63) is 45.4 Å². The van der Waals surface area contributed by atoms with Gasteiger partial charge in [0.15, 0.2) is 0 Å². The molecule has 0 unspecified atom stereocenters. The van der Waals surface area contributed by atoms with Gasteiger partial charge in [0.05, 0.1) is 5.69 Å². The van der Waals surface area contributed by atoms with Crippen molar-refractivity contribution in [1.82, 2.24) is 10.3 Å². The second-order valence-corrected chi connectivity index (χ2v) is 6.44. The van der Waals surface area contributed by atoms with Crippen LogP contribution >= 0.6 is 11.3 Å². The zero-order valence-corrected chi connectivity index (χ0v) is 12.8. The molecule has 2 aromatic rings. The van der Waals surface area contributed by atoms with Gasteiger partial charge < -0.3 is 10.1 Å². The number of ether oxygens (including phenoxy) is 1. The Morgan fingerprint density at radius 3 is 2.70 bits per heavy atom. The number of rotatable bonds is 6. The molecule has 0 spiro atoms. The minimum absolute atomic E-state index is 0.544. The number of nitrogens with zero attached hydrogens (tertiary/aromatic N) is 1. The molecule has 0 radical (unpaired) electrons. The van der Waals surface area contributed by atoms with Gasteiger partial charge in [0, 0.05) is 18.0 Å². The van der Waals surface area contributed by atoms with Gasteiger partial charge in [0.25, 0.3) is 0 Å². The van der Waals surface area contributed by atoms with Crippen LogP contribution in [-0.2, 0) is 13.2 Å². The zero-order chi connectivity index (χ0) is 13.9. The first-order valence-corrected chi connectivity index (χ1v) is 7.95. The molecule has 1 N–H and O–H groups in total. The Labute approximate surface area is 124 Å². The van der Waals surface area contributed by atoms with E-state index in [0.717, 1.165) is 29.0 Å². The van der Waals surface area contributed by atoms with Crippen molar-refractivity contribution in [3.63, 3.8) is 0 Å². The van der Waals surface area contributed by atoms with E-state index in [1.165, 1.54) is 24.0 Å². The molecule has 1 aromatic heterocycles. The van der Waals surface area contributed by atoms with Gasteiger partial charge in [-0.3, -0.25) is 0 Å². The molecule has 0 atom stereocenters. The normalized spacial score (nSPS) is 14.5. The van der Waals surface area contributed by atoms with Gasteiger partial charge in [-0.15, -0.1) is 11.3 Å². The molecule has 1 fully saturated rings. The molecule has 0 saturated heterocycles. The van der Waals surface area contributed by atoms with Crippen LogP contribution in [-0.4, -0.2) is 11.0 Å². The Morgan fingerprint density at radius 1 is 1.25 bits per heavy atom. The van der Waals surface area contributed by atoms with E-state index in [9.17, 15) is 0 Å². The van der Waals surface area contributed by atoms with Crippen molar-refractivity contribution in [2.24, 2.45) is 0 Å². The number of benzene rings is 1. The third kappa shape index (κ3) is 3.81. The van der Waals surface area contributed by atoms with Crippen molar-refractivity contribution in [3.8, 4) is 5.75 Å². The highest BCUT2D eigenvalue weighted by atomic mass is 32.1. The van der Waals surface area contributed by atoms with E-state index < -0.39 is 0 Å². The van der Waals surface area contributed by atoms with Gasteiger partial charge in [-0.05, 0) is 49.9 Å². The summed E-state index contributed by atoms with van der Waals surface area (Å²) in [5, 5.41) is 6.72. The van der Waals surface area contributed by atoms with Crippen LogP contribution in [0.4, 0.5) is 0 Å². The standard InChI is InChI=1S/C16H20N2OS/c1-11-5-12(2)7-15(6-11)19-9-14-10-20-16(18-14)8-17-13-3-4-13/h5-7,10,13,17H,3-4,8-9H2,1-2H3. The van der Waals surface area contributed by atoms with Crippen molar-refractivity contribution >= 4 is 11.3 Å². The monoisotopic (exact) mass is 288 g/mol. The number of aryl methyl sites for hydroxylation is 2. The van der Waals surface area contributed by atoms with Crippen LogP contribution in [0.1, 0.15) is 34.7 Å². The van der Waals surface area contributed by atoms with Crippen LogP contribution in [0.25, 0.3) is 0 Å². The summed E-state index contributed by atoms with van der Waals surface area (Å²) in [5.41, 5.74) is 3.47. The average Bonchev–Trinajstić information content (AvgIpc) is 3.12. The first-order valence-electron chi connectivity index (χ1n) is 7.07. The van der Waals surface area contributed by atoms with E-state index in [0.29, 0.717) is 6.61 Å². The number of hydrogen-bond donors (Lipinski definition) is 1. The molecule has 106 valence electrons. The van der Waals surface area contributed by atoms with E-state index >= 15 is 0 Å². The summed E-state index contributed by atoms with van der Waals surface area (Å²) >= 11 is 1.71. The Bertz CT molecular complexity index is 570. The van der Waals surface area contributed by atoms with Crippen LogP contribution < -0.4 is 10.1 Å². The molecule has 20 heavy (non-hydrogen) atoms. The van der Waals surface area contributed by atoms with E-state index in [4.69, 9.17) is 4.74 Å². The SMILES string of the molecule is Cc1cc(C)cc(OCc2csc(CNC3CC3)n2)c1. The molecule has 1 aliphatic rings. The summed E-state index contributed by atoms with van der Waals surface area (Å²) in [6.45, 7) is 5.61. The summed E-state index contributed by atoms with van der Waals surface area (Å²) in [7, 11) is 0. The third-order valence-electron chi connectivity index (χ3n) is 3.30. The predicted octanol–water partition coefficient (Wildman–Crippen LogP) is 3.59. The van der Waals surface area contributed by atoms with Crippen LogP contribution in [0.2, 0.25) is 0 Å². The number of thiazole rings is 1. The van der Waals surface area contributed by atoms with Gasteiger partial charge in [-0.2, -0.15) is 0 Å². The summed E-state index contributed by atoms with van der Waals surface area (Å²) in [5.74, 6) is 0.924. The number of hydrogen-bond acceptors (Lipinski definition) is 4. The topological polar surface area (TPSA) is 34.1 Å². The van der Waals surface area contributed by atoms with Crippen molar-refractivity contribution in [2.75, 3.05) is 0 Å². The maximum absolute atomic E-state index is 5.83. The van der Waals surface area contributed by atoms with Crippen molar-refractivity contribution in [1.29, 1.82) is 0 Å². The average molecular weight is 288 g/mol. The van der Waals surface area contributed by atoms with E-state index in [-0.39, 0.29) is 0 Å². The third-order valence-corrected chi connectivity index (χ3v) is 4.20. The second kappa shape index (κ2) is 5.94. The molecule has 0 amide bonds. The van der Waals surface area contributed by atoms with Crippen LogP contribution in [0, 0.1) is 13.8 Å². The lowest BCUT2D eigenvalue weighted by atomic mass is 10.1. The maximum atomic E-state index is 5.83. The largest absolute Gasteiger partial charge is 0.487 e. The van der Waals surface area contributed by atoms with Gasteiger partial charge in [0.1, 0.15) is 17.4 Å². The predicted molar refractivity (Wildman–Crippen MR) is 82.2 cm³/mol. The number of aromatic nitrogens is 1. The lowest BCUT2D eigenvalue weighted by Gasteiger charge is -2.06. The van der Waals surface area contributed by atoms with E-state index in [2.05, 4.69) is 47.7 Å². The van der Waals surface area contributed by atoms with Gasteiger partial charge in [0.2, 0.25) is 0 Å². The molecule has 3 nitrogen and oxygen atoms in total. The Morgan fingerprint density at radius 2 is 2.00 bits per heavy atom. The fourth-order valence-corrected chi connectivity index (χ4v) is 2.92. The molecule has 1 aliphatic carbocycles. The highest BCUT2D eigenvalue weighted by Crippen LogP contribution is 2.21. The van der Waals surface area contributed by atoms with Crippen LogP contribution in [0.5, 0.6) is 5.75 Å². The smallest absolute Gasteiger partial charge is 0.131 e. The molecular weight excluding hydrogens is 268 g/mol. The second-order valence-electron chi connectivity index (χ2n) is 5.50. The highest BCUT2D eigenvalue weighted by Gasteiger charge is 2.20. The zero-order valence-electron chi connectivity index (χ0n) is 12.0. The summed E-state index contributed by atoms with van der Waals surface area (Å²) in [6.07, 6.45) is 2.63. The van der Waals surface area contributed by atoms with Crippen molar-refractivity contribution in [2.45, 2.75) is 45.9 Å².